The first-order valence-electron chi connectivity index (χ1n) is 15.4. The van der Waals surface area contributed by atoms with Gasteiger partial charge in [-0.25, -0.2) is 9.59 Å². The molecule has 0 N–H and O–H groups in total. The van der Waals surface area contributed by atoms with E-state index in [0.29, 0.717) is 56.1 Å². The number of esters is 2. The number of carbonyl (C=O) groups is 3. The fraction of sp³-hybridized carbons (Fsp3) is 0.417. The SMILES string of the molecule is CCOC(=O)c1ccc(C(=O)c2ccc3c(c2)C(C)(C)CCN3CCOc2ccc(CC(OCC)C(=O)OCC)cc2)cc1. The van der Waals surface area contributed by atoms with Gasteiger partial charge in [0.05, 0.1) is 25.3 Å². The number of rotatable bonds is 14. The topological polar surface area (TPSA) is 91.4 Å². The normalized spacial score (nSPS) is 14.3. The predicted molar refractivity (Wildman–Crippen MR) is 170 cm³/mol. The fourth-order valence-corrected chi connectivity index (χ4v) is 5.39. The van der Waals surface area contributed by atoms with Gasteiger partial charge in [0.1, 0.15) is 12.4 Å². The Bertz CT molecular complexity index is 1430. The highest BCUT2D eigenvalue weighted by Crippen LogP contribution is 2.40. The molecule has 0 spiro atoms. The first-order chi connectivity index (χ1) is 21.2. The molecular formula is C36H43NO7. The molecule has 0 saturated carbocycles. The third kappa shape index (κ3) is 8.05. The van der Waals surface area contributed by atoms with E-state index in [0.717, 1.165) is 35.5 Å². The van der Waals surface area contributed by atoms with Crippen molar-refractivity contribution in [3.8, 4) is 5.75 Å². The van der Waals surface area contributed by atoms with Gasteiger partial charge >= 0.3 is 11.9 Å². The van der Waals surface area contributed by atoms with Gasteiger partial charge in [-0.1, -0.05) is 38.1 Å². The van der Waals surface area contributed by atoms with Gasteiger partial charge in [-0.05, 0) is 86.2 Å². The van der Waals surface area contributed by atoms with Gasteiger partial charge in [-0.2, -0.15) is 0 Å². The number of fused-ring (bicyclic) bond motifs is 1. The van der Waals surface area contributed by atoms with E-state index in [1.165, 1.54) is 0 Å². The van der Waals surface area contributed by atoms with Crippen molar-refractivity contribution in [3.63, 3.8) is 0 Å². The summed E-state index contributed by atoms with van der Waals surface area (Å²) in [7, 11) is 0. The maximum Gasteiger partial charge on any atom is 0.338 e. The van der Waals surface area contributed by atoms with E-state index in [4.69, 9.17) is 18.9 Å². The van der Waals surface area contributed by atoms with Crippen LogP contribution in [0.15, 0.2) is 66.7 Å². The number of ketones is 1. The summed E-state index contributed by atoms with van der Waals surface area (Å²) in [5.41, 5.74) is 4.69. The smallest absolute Gasteiger partial charge is 0.338 e. The number of nitrogens with zero attached hydrogens (tertiary/aromatic N) is 1. The molecule has 44 heavy (non-hydrogen) atoms. The van der Waals surface area contributed by atoms with Crippen LogP contribution in [0.25, 0.3) is 0 Å². The van der Waals surface area contributed by atoms with Gasteiger partial charge in [-0.3, -0.25) is 4.79 Å². The number of carbonyl (C=O) groups excluding carboxylic acids is 3. The van der Waals surface area contributed by atoms with Gasteiger partial charge < -0.3 is 23.8 Å². The van der Waals surface area contributed by atoms with Gasteiger partial charge in [0.25, 0.3) is 0 Å². The number of hydrogen-bond acceptors (Lipinski definition) is 8. The average molecular weight is 602 g/mol. The lowest BCUT2D eigenvalue weighted by Gasteiger charge is -2.40. The third-order valence-corrected chi connectivity index (χ3v) is 7.89. The Labute approximate surface area is 260 Å². The summed E-state index contributed by atoms with van der Waals surface area (Å²) in [6.45, 7) is 13.0. The molecule has 1 atom stereocenters. The van der Waals surface area contributed by atoms with Gasteiger partial charge in [0, 0.05) is 36.4 Å². The van der Waals surface area contributed by atoms with E-state index in [2.05, 4.69) is 18.7 Å². The Hall–Kier alpha value is -4.17. The second-order valence-corrected chi connectivity index (χ2v) is 11.4. The molecular weight excluding hydrogens is 558 g/mol. The van der Waals surface area contributed by atoms with Crippen LogP contribution in [0, 0.1) is 0 Å². The molecule has 3 aromatic carbocycles. The summed E-state index contributed by atoms with van der Waals surface area (Å²) in [6.07, 6.45) is 0.765. The molecule has 0 amide bonds. The number of hydrogen-bond donors (Lipinski definition) is 0. The standard InChI is InChI=1S/C36H43NO7/c1-6-41-32(35(40)43-8-3)23-25-9-16-29(17-10-25)44-22-21-37-20-19-36(4,5)30-24-28(15-18-31(30)37)33(38)26-11-13-27(14-12-26)34(39)42-7-2/h9-18,24,32H,6-8,19-23H2,1-5H3. The predicted octanol–water partition coefficient (Wildman–Crippen LogP) is 6.17. The molecule has 234 valence electrons. The minimum absolute atomic E-state index is 0.0854. The number of ether oxygens (including phenoxy) is 4. The lowest BCUT2D eigenvalue weighted by Crippen LogP contribution is -2.39. The Kier molecular flexibility index (Phi) is 11.2. The first-order valence-corrected chi connectivity index (χ1v) is 15.4. The molecule has 8 heteroatoms. The second-order valence-electron chi connectivity index (χ2n) is 11.4. The molecule has 0 aromatic heterocycles. The monoisotopic (exact) mass is 601 g/mol. The lowest BCUT2D eigenvalue weighted by atomic mass is 9.76. The Balaban J connectivity index is 1.39. The summed E-state index contributed by atoms with van der Waals surface area (Å²) in [5, 5.41) is 0. The molecule has 0 aliphatic carbocycles. The molecule has 1 heterocycles. The van der Waals surface area contributed by atoms with Crippen molar-refractivity contribution < 1.29 is 33.3 Å². The largest absolute Gasteiger partial charge is 0.492 e. The van der Waals surface area contributed by atoms with Crippen LogP contribution in [-0.2, 0) is 30.8 Å². The molecule has 8 nitrogen and oxygen atoms in total. The van der Waals surface area contributed by atoms with E-state index in [-0.39, 0.29) is 17.2 Å². The van der Waals surface area contributed by atoms with Crippen LogP contribution < -0.4 is 9.64 Å². The zero-order valence-electron chi connectivity index (χ0n) is 26.4. The van der Waals surface area contributed by atoms with Gasteiger partial charge in [-0.15, -0.1) is 0 Å². The molecule has 1 aliphatic heterocycles. The van der Waals surface area contributed by atoms with Crippen molar-refractivity contribution in [3.05, 3.63) is 94.5 Å². The molecule has 3 aromatic rings. The first kappa shape index (κ1) is 32.7. The van der Waals surface area contributed by atoms with E-state index in [1.807, 2.05) is 49.4 Å². The van der Waals surface area contributed by atoms with Crippen molar-refractivity contribution >= 4 is 23.4 Å². The number of anilines is 1. The van der Waals surface area contributed by atoms with Crippen LogP contribution in [-0.4, -0.2) is 63.3 Å². The summed E-state index contributed by atoms with van der Waals surface area (Å²) < 4.78 is 21.8. The van der Waals surface area contributed by atoms with Crippen LogP contribution in [0.3, 0.4) is 0 Å². The van der Waals surface area contributed by atoms with E-state index >= 15 is 0 Å². The van der Waals surface area contributed by atoms with Crippen LogP contribution >= 0.6 is 0 Å². The van der Waals surface area contributed by atoms with E-state index in [1.54, 1.807) is 38.1 Å². The maximum atomic E-state index is 13.4. The quantitative estimate of drug-likeness (QED) is 0.160. The Morgan fingerprint density at radius 1 is 0.818 bits per heavy atom. The highest BCUT2D eigenvalue weighted by atomic mass is 16.6. The van der Waals surface area contributed by atoms with Crippen LogP contribution in [0.5, 0.6) is 5.75 Å². The zero-order valence-corrected chi connectivity index (χ0v) is 26.4. The van der Waals surface area contributed by atoms with Crippen molar-refractivity contribution in [2.75, 3.05) is 44.4 Å². The highest BCUT2D eigenvalue weighted by Gasteiger charge is 2.32. The summed E-state index contributed by atoms with van der Waals surface area (Å²) in [5.74, 6) is -0.0753. The van der Waals surface area contributed by atoms with Crippen molar-refractivity contribution in [2.45, 2.75) is 59.0 Å². The lowest BCUT2D eigenvalue weighted by molar-refractivity contribution is -0.156. The molecule has 4 rings (SSSR count). The molecule has 1 aliphatic rings. The van der Waals surface area contributed by atoms with Gasteiger partial charge in [0.2, 0.25) is 0 Å². The van der Waals surface area contributed by atoms with Crippen molar-refractivity contribution in [2.24, 2.45) is 0 Å². The minimum Gasteiger partial charge on any atom is -0.492 e. The molecule has 0 radical (unpaired) electrons. The highest BCUT2D eigenvalue weighted by molar-refractivity contribution is 6.09. The number of benzene rings is 3. The summed E-state index contributed by atoms with van der Waals surface area (Å²) >= 11 is 0. The fourth-order valence-electron chi connectivity index (χ4n) is 5.39. The van der Waals surface area contributed by atoms with Crippen molar-refractivity contribution in [1.82, 2.24) is 0 Å². The molecule has 1 unspecified atom stereocenters. The Morgan fingerprint density at radius 3 is 2.14 bits per heavy atom. The third-order valence-electron chi connectivity index (χ3n) is 7.89. The van der Waals surface area contributed by atoms with Crippen LogP contribution in [0.2, 0.25) is 0 Å². The van der Waals surface area contributed by atoms with Crippen molar-refractivity contribution in [1.29, 1.82) is 0 Å². The van der Waals surface area contributed by atoms with E-state index in [9.17, 15) is 14.4 Å². The van der Waals surface area contributed by atoms with E-state index < -0.39 is 12.1 Å². The summed E-state index contributed by atoms with van der Waals surface area (Å²) in [4.78, 5) is 39.8. The van der Waals surface area contributed by atoms with Crippen LogP contribution in [0.1, 0.15) is 78.4 Å². The van der Waals surface area contributed by atoms with Crippen LogP contribution in [0.4, 0.5) is 5.69 Å². The maximum absolute atomic E-state index is 13.4. The zero-order chi connectivity index (χ0) is 31.7. The molecule has 0 bridgehead atoms. The van der Waals surface area contributed by atoms with Gasteiger partial charge in [0.15, 0.2) is 11.9 Å². The second kappa shape index (κ2) is 15.0. The Morgan fingerprint density at radius 2 is 1.48 bits per heavy atom. The summed E-state index contributed by atoms with van der Waals surface area (Å²) in [6, 6.07) is 20.2. The molecule has 0 saturated heterocycles. The minimum atomic E-state index is -0.622. The molecule has 0 fully saturated rings. The average Bonchev–Trinajstić information content (AvgIpc) is 3.02.